The van der Waals surface area contributed by atoms with Crippen LogP contribution in [-0.4, -0.2) is 14.5 Å². The normalized spacial score (nSPS) is 11.4. The fourth-order valence-electron chi connectivity index (χ4n) is 3.01. The SMILES string of the molecule is Cc1c(F)ccc2nc(-c3cncc4ccccc34)n(C)c12. The molecular weight excluding hydrogens is 277 g/mol. The minimum absolute atomic E-state index is 0.210. The van der Waals surface area contributed by atoms with Crippen molar-refractivity contribution in [3.05, 3.63) is 60.2 Å². The maximum absolute atomic E-state index is 13.8. The number of halogens is 1. The molecule has 0 amide bonds. The highest BCUT2D eigenvalue weighted by Gasteiger charge is 2.15. The molecule has 0 aliphatic heterocycles. The third-order valence-corrected chi connectivity index (χ3v) is 4.13. The van der Waals surface area contributed by atoms with Crippen LogP contribution in [0.25, 0.3) is 33.2 Å². The van der Waals surface area contributed by atoms with Crippen molar-refractivity contribution in [3.8, 4) is 11.4 Å². The van der Waals surface area contributed by atoms with Gasteiger partial charge in [-0.2, -0.15) is 0 Å². The Kier molecular flexibility index (Phi) is 2.73. The number of nitrogens with zero attached hydrogens (tertiary/aromatic N) is 3. The maximum atomic E-state index is 13.8. The van der Waals surface area contributed by atoms with Crippen LogP contribution in [0.5, 0.6) is 0 Å². The highest BCUT2D eigenvalue weighted by molar-refractivity contribution is 5.96. The highest BCUT2D eigenvalue weighted by Crippen LogP contribution is 2.30. The average molecular weight is 291 g/mol. The Balaban J connectivity index is 2.09. The van der Waals surface area contributed by atoms with Gasteiger partial charge in [0.2, 0.25) is 0 Å². The Labute approximate surface area is 127 Å². The number of fused-ring (bicyclic) bond motifs is 2. The van der Waals surface area contributed by atoms with Gasteiger partial charge in [0.25, 0.3) is 0 Å². The van der Waals surface area contributed by atoms with Gasteiger partial charge in [0.15, 0.2) is 0 Å². The Morgan fingerprint density at radius 3 is 2.73 bits per heavy atom. The minimum atomic E-state index is -0.210. The first-order valence-corrected chi connectivity index (χ1v) is 7.11. The molecule has 0 fully saturated rings. The Hall–Kier alpha value is -2.75. The summed E-state index contributed by atoms with van der Waals surface area (Å²) in [7, 11) is 1.92. The first-order valence-electron chi connectivity index (χ1n) is 7.11. The number of imidazole rings is 1. The van der Waals surface area contributed by atoms with E-state index in [0.717, 1.165) is 33.2 Å². The number of benzene rings is 2. The maximum Gasteiger partial charge on any atom is 0.143 e. The van der Waals surface area contributed by atoms with Crippen molar-refractivity contribution in [2.45, 2.75) is 6.92 Å². The second-order valence-electron chi connectivity index (χ2n) is 5.44. The molecule has 22 heavy (non-hydrogen) atoms. The van der Waals surface area contributed by atoms with Crippen molar-refractivity contribution in [3.63, 3.8) is 0 Å². The van der Waals surface area contributed by atoms with Crippen molar-refractivity contribution in [2.75, 3.05) is 0 Å². The van der Waals surface area contributed by atoms with Crippen LogP contribution < -0.4 is 0 Å². The first kappa shape index (κ1) is 13.0. The highest BCUT2D eigenvalue weighted by atomic mass is 19.1. The van der Waals surface area contributed by atoms with Crippen molar-refractivity contribution in [1.29, 1.82) is 0 Å². The van der Waals surface area contributed by atoms with E-state index in [1.165, 1.54) is 6.07 Å². The van der Waals surface area contributed by atoms with Gasteiger partial charge in [-0.3, -0.25) is 4.98 Å². The van der Waals surface area contributed by atoms with Crippen LogP contribution in [0.3, 0.4) is 0 Å². The lowest BCUT2D eigenvalue weighted by molar-refractivity contribution is 0.620. The topological polar surface area (TPSA) is 30.7 Å². The van der Waals surface area contributed by atoms with Crippen LogP contribution in [0, 0.1) is 12.7 Å². The lowest BCUT2D eigenvalue weighted by atomic mass is 10.1. The zero-order valence-electron chi connectivity index (χ0n) is 12.3. The summed E-state index contributed by atoms with van der Waals surface area (Å²) < 4.78 is 15.8. The van der Waals surface area contributed by atoms with Gasteiger partial charge in [-0.25, -0.2) is 9.37 Å². The number of hydrogen-bond acceptors (Lipinski definition) is 2. The number of hydrogen-bond donors (Lipinski definition) is 0. The fraction of sp³-hybridized carbons (Fsp3) is 0.111. The Morgan fingerprint density at radius 2 is 1.86 bits per heavy atom. The van der Waals surface area contributed by atoms with E-state index in [1.807, 2.05) is 42.2 Å². The molecule has 0 radical (unpaired) electrons. The summed E-state index contributed by atoms with van der Waals surface area (Å²) in [6.45, 7) is 1.78. The predicted molar refractivity (Wildman–Crippen MR) is 86.1 cm³/mol. The van der Waals surface area contributed by atoms with Gasteiger partial charge in [0.05, 0.1) is 11.0 Å². The third-order valence-electron chi connectivity index (χ3n) is 4.13. The van der Waals surface area contributed by atoms with E-state index in [9.17, 15) is 4.39 Å². The van der Waals surface area contributed by atoms with Gasteiger partial charge in [0, 0.05) is 36.0 Å². The number of pyridine rings is 1. The molecular formula is C18H14FN3. The molecule has 0 unspecified atom stereocenters. The predicted octanol–water partition coefficient (Wildman–Crippen LogP) is 4.24. The van der Waals surface area contributed by atoms with E-state index >= 15 is 0 Å². The van der Waals surface area contributed by atoms with Gasteiger partial charge < -0.3 is 4.57 Å². The minimum Gasteiger partial charge on any atom is -0.327 e. The molecule has 0 aliphatic carbocycles. The summed E-state index contributed by atoms with van der Waals surface area (Å²) >= 11 is 0. The van der Waals surface area contributed by atoms with E-state index in [2.05, 4.69) is 11.1 Å². The molecule has 0 saturated heterocycles. The fourth-order valence-corrected chi connectivity index (χ4v) is 3.01. The van der Waals surface area contributed by atoms with Crippen LogP contribution in [-0.2, 0) is 7.05 Å². The largest absolute Gasteiger partial charge is 0.327 e. The van der Waals surface area contributed by atoms with Crippen LogP contribution in [0.15, 0.2) is 48.8 Å². The number of rotatable bonds is 1. The van der Waals surface area contributed by atoms with Gasteiger partial charge in [0.1, 0.15) is 11.6 Å². The molecule has 2 aromatic carbocycles. The zero-order valence-corrected chi connectivity index (χ0v) is 12.3. The molecule has 108 valence electrons. The molecule has 2 heterocycles. The van der Waals surface area contributed by atoms with E-state index in [0.29, 0.717) is 5.56 Å². The van der Waals surface area contributed by atoms with Gasteiger partial charge in [-0.15, -0.1) is 0 Å². The molecule has 4 aromatic rings. The molecule has 0 N–H and O–H groups in total. The van der Waals surface area contributed by atoms with E-state index in [4.69, 9.17) is 4.98 Å². The lowest BCUT2D eigenvalue weighted by Gasteiger charge is -2.07. The van der Waals surface area contributed by atoms with Crippen molar-refractivity contribution in [2.24, 2.45) is 7.05 Å². The summed E-state index contributed by atoms with van der Waals surface area (Å²) in [5.41, 5.74) is 3.19. The molecule has 4 rings (SSSR count). The quantitative estimate of drug-likeness (QED) is 0.525. The van der Waals surface area contributed by atoms with Gasteiger partial charge in [-0.05, 0) is 24.4 Å². The molecule has 4 heteroatoms. The van der Waals surface area contributed by atoms with Crippen molar-refractivity contribution >= 4 is 21.8 Å². The molecule has 0 spiro atoms. The summed E-state index contributed by atoms with van der Waals surface area (Å²) in [4.78, 5) is 9.00. The molecule has 0 saturated carbocycles. The van der Waals surface area contributed by atoms with Crippen LogP contribution in [0.2, 0.25) is 0 Å². The smallest absolute Gasteiger partial charge is 0.143 e. The second-order valence-corrected chi connectivity index (χ2v) is 5.44. The van der Waals surface area contributed by atoms with Crippen molar-refractivity contribution in [1.82, 2.24) is 14.5 Å². The molecule has 0 aliphatic rings. The Morgan fingerprint density at radius 1 is 1.05 bits per heavy atom. The monoisotopic (exact) mass is 291 g/mol. The summed E-state index contributed by atoms with van der Waals surface area (Å²) in [6, 6.07) is 11.3. The third kappa shape index (κ3) is 1.73. The number of aromatic nitrogens is 3. The van der Waals surface area contributed by atoms with Crippen LogP contribution >= 0.6 is 0 Å². The first-order chi connectivity index (χ1) is 10.7. The Bertz CT molecular complexity index is 1010. The molecule has 0 bridgehead atoms. The molecule has 3 nitrogen and oxygen atoms in total. The summed E-state index contributed by atoms with van der Waals surface area (Å²) in [5.74, 6) is 0.589. The summed E-state index contributed by atoms with van der Waals surface area (Å²) in [6.07, 6.45) is 3.65. The van der Waals surface area contributed by atoms with E-state index in [-0.39, 0.29) is 5.82 Å². The molecule has 2 aromatic heterocycles. The average Bonchev–Trinajstić information content (AvgIpc) is 2.88. The van der Waals surface area contributed by atoms with Crippen LogP contribution in [0.4, 0.5) is 4.39 Å². The van der Waals surface area contributed by atoms with Gasteiger partial charge >= 0.3 is 0 Å². The van der Waals surface area contributed by atoms with Crippen LogP contribution in [0.1, 0.15) is 5.56 Å². The van der Waals surface area contributed by atoms with E-state index < -0.39 is 0 Å². The van der Waals surface area contributed by atoms with Gasteiger partial charge in [-0.1, -0.05) is 24.3 Å². The second kappa shape index (κ2) is 4.63. The molecule has 0 atom stereocenters. The standard InChI is InChI=1S/C18H14FN3/c1-11-15(19)7-8-16-17(11)22(2)18(21-16)14-10-20-9-12-5-3-4-6-13(12)14/h3-10H,1-2H3. The lowest BCUT2D eigenvalue weighted by Crippen LogP contribution is -1.96. The van der Waals surface area contributed by atoms with E-state index in [1.54, 1.807) is 13.0 Å². The summed E-state index contributed by atoms with van der Waals surface area (Å²) in [5, 5.41) is 2.16. The van der Waals surface area contributed by atoms with Crippen molar-refractivity contribution < 1.29 is 4.39 Å². The zero-order chi connectivity index (χ0) is 15.3. The number of aryl methyl sites for hydroxylation is 2.